The zero-order valence-corrected chi connectivity index (χ0v) is 7.37. The molecule has 0 atom stereocenters. The second-order valence-electron chi connectivity index (χ2n) is 2.81. The molecule has 0 saturated carbocycles. The van der Waals surface area contributed by atoms with E-state index in [0.29, 0.717) is 0 Å². The number of rotatable bonds is 1. The van der Waals surface area contributed by atoms with E-state index in [2.05, 4.69) is 15.2 Å². The zero-order valence-electron chi connectivity index (χ0n) is 7.37. The molecule has 0 fully saturated rings. The molecule has 0 aliphatic heterocycles. The molecule has 0 saturated heterocycles. The van der Waals surface area contributed by atoms with Crippen LogP contribution < -0.4 is 5.43 Å². The quantitative estimate of drug-likeness (QED) is 0.765. The van der Waals surface area contributed by atoms with E-state index >= 15 is 0 Å². The van der Waals surface area contributed by atoms with Crippen molar-refractivity contribution < 1.29 is 8.78 Å². The Balaban J connectivity index is 2.69. The minimum atomic E-state index is -0.848. The van der Waals surface area contributed by atoms with E-state index in [4.69, 9.17) is 0 Å². The van der Waals surface area contributed by atoms with Crippen molar-refractivity contribution in [2.75, 3.05) is 0 Å². The third-order valence-electron chi connectivity index (χ3n) is 1.79. The number of H-pyrrole nitrogens is 1. The van der Waals surface area contributed by atoms with Gasteiger partial charge in [-0.1, -0.05) is 0 Å². The molecular weight excluding hydrogens is 204 g/mol. The second kappa shape index (κ2) is 3.56. The van der Waals surface area contributed by atoms with Crippen LogP contribution in [0.2, 0.25) is 0 Å². The summed E-state index contributed by atoms with van der Waals surface area (Å²) in [5.41, 5.74) is -0.783. The van der Waals surface area contributed by atoms with Gasteiger partial charge in [0, 0.05) is 6.07 Å². The predicted octanol–water partition coefficient (Wildman–Crippen LogP) is 1.11. The summed E-state index contributed by atoms with van der Waals surface area (Å²) in [6.45, 7) is 0. The number of hydrogen-bond acceptors (Lipinski definition) is 3. The lowest BCUT2D eigenvalue weighted by Gasteiger charge is -2.02. The molecule has 15 heavy (non-hydrogen) atoms. The fraction of sp³-hybridized carbons (Fsp3) is 0. The molecule has 1 N–H and O–H groups in total. The molecule has 0 aliphatic rings. The van der Waals surface area contributed by atoms with Gasteiger partial charge >= 0.3 is 0 Å². The summed E-state index contributed by atoms with van der Waals surface area (Å²) < 4.78 is 26.4. The van der Waals surface area contributed by atoms with Crippen LogP contribution in [-0.2, 0) is 0 Å². The first kappa shape index (κ1) is 9.45. The highest BCUT2D eigenvalue weighted by Gasteiger charge is 2.12. The van der Waals surface area contributed by atoms with Crippen molar-refractivity contribution in [1.29, 1.82) is 0 Å². The summed E-state index contributed by atoms with van der Waals surface area (Å²) in [5, 5.41) is 5.80. The number of aromatic nitrogens is 3. The van der Waals surface area contributed by atoms with E-state index in [1.165, 1.54) is 0 Å². The van der Waals surface area contributed by atoms with Gasteiger partial charge in [0.25, 0.3) is 0 Å². The molecule has 2 heterocycles. The predicted molar refractivity (Wildman–Crippen MR) is 48.0 cm³/mol. The molecule has 76 valence electrons. The Kier molecular flexibility index (Phi) is 2.24. The third kappa shape index (κ3) is 1.74. The number of hydrogen-bond donors (Lipinski definition) is 1. The highest BCUT2D eigenvalue weighted by atomic mass is 19.1. The molecule has 0 aliphatic carbocycles. The fourth-order valence-corrected chi connectivity index (χ4v) is 1.17. The van der Waals surface area contributed by atoms with Crippen LogP contribution in [0.25, 0.3) is 11.3 Å². The normalized spacial score (nSPS) is 10.3. The smallest absolute Gasteiger partial charge is 0.200 e. The van der Waals surface area contributed by atoms with E-state index in [1.807, 2.05) is 0 Å². The average molecular weight is 209 g/mol. The SMILES string of the molecule is O=c1cn[nH]c(-c2c(F)cncc2F)c1. The summed E-state index contributed by atoms with van der Waals surface area (Å²) in [6, 6.07) is 1.06. The van der Waals surface area contributed by atoms with Gasteiger partial charge in [0.1, 0.15) is 0 Å². The summed E-state index contributed by atoms with van der Waals surface area (Å²) >= 11 is 0. The van der Waals surface area contributed by atoms with Crippen LogP contribution >= 0.6 is 0 Å². The van der Waals surface area contributed by atoms with Crippen LogP contribution in [0, 0.1) is 11.6 Å². The standard InChI is InChI=1S/C9H5F2N3O/c10-6-3-12-4-7(11)9(6)8-1-5(15)2-13-14-8/h1-4H,(H,14,15). The van der Waals surface area contributed by atoms with Crippen LogP contribution in [0.5, 0.6) is 0 Å². The second-order valence-corrected chi connectivity index (χ2v) is 2.81. The number of nitrogens with one attached hydrogen (secondary N) is 1. The van der Waals surface area contributed by atoms with Gasteiger partial charge in [0.2, 0.25) is 5.43 Å². The van der Waals surface area contributed by atoms with Crippen molar-refractivity contribution in [3.8, 4) is 11.3 Å². The minimum Gasteiger partial charge on any atom is -0.288 e. The van der Waals surface area contributed by atoms with Crippen molar-refractivity contribution in [3.05, 3.63) is 46.5 Å². The first-order chi connectivity index (χ1) is 7.18. The van der Waals surface area contributed by atoms with Gasteiger partial charge in [0.15, 0.2) is 11.6 Å². The van der Waals surface area contributed by atoms with E-state index in [0.717, 1.165) is 24.7 Å². The molecule has 0 aromatic carbocycles. The number of nitrogens with zero attached hydrogens (tertiary/aromatic N) is 2. The summed E-state index contributed by atoms with van der Waals surface area (Å²) in [7, 11) is 0. The van der Waals surface area contributed by atoms with E-state index in [1.54, 1.807) is 0 Å². The van der Waals surface area contributed by atoms with E-state index < -0.39 is 17.1 Å². The van der Waals surface area contributed by atoms with Crippen molar-refractivity contribution in [2.45, 2.75) is 0 Å². The van der Waals surface area contributed by atoms with Gasteiger partial charge in [-0.05, 0) is 0 Å². The number of halogens is 2. The van der Waals surface area contributed by atoms with Gasteiger partial charge < -0.3 is 0 Å². The molecule has 0 unspecified atom stereocenters. The highest BCUT2D eigenvalue weighted by Crippen LogP contribution is 2.21. The molecule has 2 aromatic rings. The third-order valence-corrected chi connectivity index (χ3v) is 1.79. The lowest BCUT2D eigenvalue weighted by molar-refractivity contribution is 0.578. The fourth-order valence-electron chi connectivity index (χ4n) is 1.17. The molecule has 2 aromatic heterocycles. The van der Waals surface area contributed by atoms with Crippen LogP contribution in [0.1, 0.15) is 0 Å². The lowest BCUT2D eigenvalue weighted by atomic mass is 10.1. The zero-order chi connectivity index (χ0) is 10.8. The number of aromatic amines is 1. The molecule has 0 spiro atoms. The minimum absolute atomic E-state index is 0.0140. The summed E-state index contributed by atoms with van der Waals surface area (Å²) in [5.74, 6) is -1.70. The van der Waals surface area contributed by atoms with Crippen molar-refractivity contribution in [1.82, 2.24) is 15.2 Å². The summed E-state index contributed by atoms with van der Waals surface area (Å²) in [4.78, 5) is 14.3. The van der Waals surface area contributed by atoms with Crippen LogP contribution in [-0.4, -0.2) is 15.2 Å². The van der Waals surface area contributed by atoms with Crippen molar-refractivity contribution >= 4 is 0 Å². The van der Waals surface area contributed by atoms with Crippen molar-refractivity contribution in [2.24, 2.45) is 0 Å². The Hall–Kier alpha value is -2.11. The van der Waals surface area contributed by atoms with Gasteiger partial charge in [-0.15, -0.1) is 0 Å². The first-order valence-electron chi connectivity index (χ1n) is 4.02. The molecule has 4 nitrogen and oxygen atoms in total. The maximum Gasteiger partial charge on any atom is 0.200 e. The average Bonchev–Trinajstić information content (AvgIpc) is 2.17. The lowest BCUT2D eigenvalue weighted by Crippen LogP contribution is -2.03. The van der Waals surface area contributed by atoms with Gasteiger partial charge in [-0.2, -0.15) is 5.10 Å². The van der Waals surface area contributed by atoms with Crippen LogP contribution in [0.4, 0.5) is 8.78 Å². The first-order valence-corrected chi connectivity index (χ1v) is 4.02. The molecule has 2 rings (SSSR count). The highest BCUT2D eigenvalue weighted by molar-refractivity contribution is 5.58. The molecular formula is C9H5F2N3O. The van der Waals surface area contributed by atoms with Gasteiger partial charge in [0.05, 0.1) is 29.8 Å². The van der Waals surface area contributed by atoms with E-state index in [9.17, 15) is 13.6 Å². The monoisotopic (exact) mass is 209 g/mol. The van der Waals surface area contributed by atoms with Gasteiger partial charge in [-0.3, -0.25) is 14.9 Å². The van der Waals surface area contributed by atoms with Crippen LogP contribution in [0.15, 0.2) is 29.5 Å². The molecule has 0 amide bonds. The Morgan fingerprint density at radius 3 is 2.40 bits per heavy atom. The maximum atomic E-state index is 13.2. The van der Waals surface area contributed by atoms with Crippen molar-refractivity contribution in [3.63, 3.8) is 0 Å². The Morgan fingerprint density at radius 2 is 1.80 bits per heavy atom. The molecule has 0 radical (unpaired) electrons. The number of pyridine rings is 1. The topological polar surface area (TPSA) is 58.6 Å². The molecule has 6 heteroatoms. The Morgan fingerprint density at radius 1 is 1.13 bits per heavy atom. The van der Waals surface area contributed by atoms with Crippen LogP contribution in [0.3, 0.4) is 0 Å². The van der Waals surface area contributed by atoms with Gasteiger partial charge in [-0.25, -0.2) is 8.78 Å². The maximum absolute atomic E-state index is 13.2. The molecule has 0 bridgehead atoms. The Bertz CT molecular complexity index is 533. The largest absolute Gasteiger partial charge is 0.288 e. The Labute approximate surface area is 82.6 Å². The summed E-state index contributed by atoms with van der Waals surface area (Å²) in [6.07, 6.45) is 2.74. The van der Waals surface area contributed by atoms with E-state index in [-0.39, 0.29) is 11.3 Å².